The summed E-state index contributed by atoms with van der Waals surface area (Å²) >= 11 is 0. The third-order valence-electron chi connectivity index (χ3n) is 2.62. The lowest BCUT2D eigenvalue weighted by molar-refractivity contribution is -0.117. The smallest absolute Gasteiger partial charge is 0.227 e. The quantitative estimate of drug-likeness (QED) is 0.743. The molecule has 1 aliphatic rings. The molecule has 17 heavy (non-hydrogen) atoms. The van der Waals surface area contributed by atoms with E-state index in [1.807, 2.05) is 0 Å². The molecular formula is C13H12FNO2. The second kappa shape index (κ2) is 4.98. The highest BCUT2D eigenvalue weighted by atomic mass is 19.1. The van der Waals surface area contributed by atoms with Gasteiger partial charge in [-0.3, -0.25) is 4.79 Å². The summed E-state index contributed by atoms with van der Waals surface area (Å²) in [6, 6.07) is 4.48. The Kier molecular flexibility index (Phi) is 3.40. The second-order valence-electron chi connectivity index (χ2n) is 3.78. The number of amides is 1. The maximum absolute atomic E-state index is 13.8. The molecule has 1 aliphatic heterocycles. The molecular weight excluding hydrogens is 221 g/mol. The summed E-state index contributed by atoms with van der Waals surface area (Å²) in [6.45, 7) is 0.311. The molecule has 1 saturated heterocycles. The van der Waals surface area contributed by atoms with Crippen molar-refractivity contribution in [1.29, 1.82) is 0 Å². The Morgan fingerprint density at radius 2 is 2.29 bits per heavy atom. The first-order valence-electron chi connectivity index (χ1n) is 5.42. The van der Waals surface area contributed by atoms with Gasteiger partial charge in [-0.25, -0.2) is 4.39 Å². The fraction of sp³-hybridized carbons (Fsp3) is 0.308. The molecule has 0 atom stereocenters. The molecule has 1 fully saturated rings. The predicted molar refractivity (Wildman–Crippen MR) is 62.0 cm³/mol. The van der Waals surface area contributed by atoms with Crippen molar-refractivity contribution in [1.82, 2.24) is 0 Å². The van der Waals surface area contributed by atoms with Gasteiger partial charge in [-0.1, -0.05) is 11.8 Å². The van der Waals surface area contributed by atoms with Gasteiger partial charge < -0.3 is 10.0 Å². The number of anilines is 1. The van der Waals surface area contributed by atoms with Crippen LogP contribution in [0.15, 0.2) is 18.2 Å². The van der Waals surface area contributed by atoms with Crippen LogP contribution >= 0.6 is 0 Å². The topological polar surface area (TPSA) is 40.5 Å². The van der Waals surface area contributed by atoms with E-state index in [0.29, 0.717) is 24.2 Å². The Balaban J connectivity index is 2.28. The molecule has 0 radical (unpaired) electrons. The summed E-state index contributed by atoms with van der Waals surface area (Å²) in [5, 5.41) is 8.54. The van der Waals surface area contributed by atoms with E-state index < -0.39 is 5.82 Å². The standard InChI is InChI=1S/C13H12FNO2/c14-11-9-10(3-2-8-16)5-6-12(11)15-7-1-4-13(15)17/h5-6,9,16H,1,4,7-8H2. The summed E-state index contributed by atoms with van der Waals surface area (Å²) in [7, 11) is 0. The Morgan fingerprint density at radius 3 is 2.88 bits per heavy atom. The van der Waals surface area contributed by atoms with Gasteiger partial charge in [-0.2, -0.15) is 0 Å². The average molecular weight is 233 g/mol. The third-order valence-corrected chi connectivity index (χ3v) is 2.62. The molecule has 2 rings (SSSR count). The number of benzene rings is 1. The van der Waals surface area contributed by atoms with Crippen molar-refractivity contribution in [2.75, 3.05) is 18.1 Å². The zero-order valence-corrected chi connectivity index (χ0v) is 9.24. The molecule has 0 spiro atoms. The van der Waals surface area contributed by atoms with Gasteiger partial charge in [-0.05, 0) is 24.6 Å². The molecule has 0 unspecified atom stereocenters. The molecule has 1 N–H and O–H groups in total. The van der Waals surface area contributed by atoms with Crippen molar-refractivity contribution in [3.8, 4) is 11.8 Å². The van der Waals surface area contributed by atoms with Crippen LogP contribution < -0.4 is 4.90 Å². The third kappa shape index (κ3) is 2.45. The van der Waals surface area contributed by atoms with E-state index in [1.54, 1.807) is 12.1 Å². The summed E-state index contributed by atoms with van der Waals surface area (Å²) in [5.74, 6) is 4.57. The Bertz CT molecular complexity index is 502. The molecule has 3 nitrogen and oxygen atoms in total. The number of hydrogen-bond acceptors (Lipinski definition) is 2. The van der Waals surface area contributed by atoms with Gasteiger partial charge in [0.1, 0.15) is 12.4 Å². The molecule has 0 aliphatic carbocycles. The van der Waals surface area contributed by atoms with Crippen LogP contribution in [0.1, 0.15) is 18.4 Å². The van der Waals surface area contributed by atoms with Crippen molar-refractivity contribution in [2.24, 2.45) is 0 Å². The van der Waals surface area contributed by atoms with E-state index in [1.165, 1.54) is 11.0 Å². The number of nitrogens with zero attached hydrogens (tertiary/aromatic N) is 1. The van der Waals surface area contributed by atoms with Gasteiger partial charge in [0.25, 0.3) is 0 Å². The van der Waals surface area contributed by atoms with Crippen LogP contribution in [0.5, 0.6) is 0 Å². The van der Waals surface area contributed by atoms with Crippen LogP contribution in [0.3, 0.4) is 0 Å². The van der Waals surface area contributed by atoms with Gasteiger partial charge in [0, 0.05) is 18.5 Å². The SMILES string of the molecule is O=C1CCCN1c1ccc(C#CCO)cc1F. The van der Waals surface area contributed by atoms with Gasteiger partial charge in [0.2, 0.25) is 5.91 Å². The molecule has 1 heterocycles. The number of aliphatic hydroxyl groups excluding tert-OH is 1. The Hall–Kier alpha value is -1.86. The van der Waals surface area contributed by atoms with Crippen LogP contribution in [-0.2, 0) is 4.79 Å². The van der Waals surface area contributed by atoms with Crippen LogP contribution in [0.2, 0.25) is 0 Å². The lowest BCUT2D eigenvalue weighted by atomic mass is 10.2. The van der Waals surface area contributed by atoms with E-state index >= 15 is 0 Å². The van der Waals surface area contributed by atoms with Gasteiger partial charge in [0.15, 0.2) is 0 Å². The number of carbonyl (C=O) groups excluding carboxylic acids is 1. The highest BCUT2D eigenvalue weighted by Crippen LogP contribution is 2.24. The normalized spacial score (nSPS) is 14.7. The molecule has 0 bridgehead atoms. The first-order chi connectivity index (χ1) is 8.22. The van der Waals surface area contributed by atoms with Crippen molar-refractivity contribution >= 4 is 11.6 Å². The highest BCUT2D eigenvalue weighted by molar-refractivity contribution is 5.95. The minimum Gasteiger partial charge on any atom is -0.384 e. The fourth-order valence-corrected chi connectivity index (χ4v) is 1.85. The van der Waals surface area contributed by atoms with Crippen LogP contribution in [0.4, 0.5) is 10.1 Å². The Labute approximate surface area is 98.9 Å². The fourth-order valence-electron chi connectivity index (χ4n) is 1.85. The first kappa shape index (κ1) is 11.6. The number of rotatable bonds is 1. The van der Waals surface area contributed by atoms with Crippen molar-refractivity contribution in [3.63, 3.8) is 0 Å². The maximum Gasteiger partial charge on any atom is 0.227 e. The maximum atomic E-state index is 13.8. The predicted octanol–water partition coefficient (Wildman–Crippen LogP) is 1.30. The molecule has 1 aromatic carbocycles. The highest BCUT2D eigenvalue weighted by Gasteiger charge is 2.23. The van der Waals surface area contributed by atoms with Crippen LogP contribution in [0.25, 0.3) is 0 Å². The van der Waals surface area contributed by atoms with Gasteiger partial charge >= 0.3 is 0 Å². The van der Waals surface area contributed by atoms with Crippen molar-refractivity contribution in [2.45, 2.75) is 12.8 Å². The largest absolute Gasteiger partial charge is 0.384 e. The molecule has 1 amide bonds. The lowest BCUT2D eigenvalue weighted by Crippen LogP contribution is -2.24. The molecule has 4 heteroatoms. The molecule has 0 aromatic heterocycles. The number of halogens is 1. The summed E-state index contributed by atoms with van der Waals surface area (Å²) in [6.07, 6.45) is 1.25. The zero-order valence-electron chi connectivity index (χ0n) is 9.24. The summed E-state index contributed by atoms with van der Waals surface area (Å²) < 4.78 is 13.8. The second-order valence-corrected chi connectivity index (χ2v) is 3.78. The monoisotopic (exact) mass is 233 g/mol. The molecule has 1 aromatic rings. The molecule has 0 saturated carbocycles. The van der Waals surface area contributed by atoms with E-state index in [0.717, 1.165) is 6.42 Å². The van der Waals surface area contributed by atoms with Gasteiger partial charge in [-0.15, -0.1) is 0 Å². The summed E-state index contributed by atoms with van der Waals surface area (Å²) in [5.41, 5.74) is 0.800. The minimum atomic E-state index is -0.454. The average Bonchev–Trinajstić information content (AvgIpc) is 2.73. The van der Waals surface area contributed by atoms with E-state index in [4.69, 9.17) is 5.11 Å². The van der Waals surface area contributed by atoms with E-state index in [9.17, 15) is 9.18 Å². The van der Waals surface area contributed by atoms with Gasteiger partial charge in [0.05, 0.1) is 5.69 Å². The number of aliphatic hydroxyl groups is 1. The minimum absolute atomic E-state index is 0.0434. The lowest BCUT2D eigenvalue weighted by Gasteiger charge is -2.16. The van der Waals surface area contributed by atoms with Crippen LogP contribution in [-0.4, -0.2) is 24.2 Å². The first-order valence-corrected chi connectivity index (χ1v) is 5.42. The van der Waals surface area contributed by atoms with E-state index in [-0.39, 0.29) is 12.5 Å². The number of hydrogen-bond donors (Lipinski definition) is 1. The zero-order chi connectivity index (χ0) is 12.3. The Morgan fingerprint density at radius 1 is 1.47 bits per heavy atom. The number of carbonyl (C=O) groups is 1. The summed E-state index contributed by atoms with van der Waals surface area (Å²) in [4.78, 5) is 12.9. The van der Waals surface area contributed by atoms with Crippen molar-refractivity contribution in [3.05, 3.63) is 29.6 Å². The van der Waals surface area contributed by atoms with Crippen molar-refractivity contribution < 1.29 is 14.3 Å². The van der Waals surface area contributed by atoms with E-state index in [2.05, 4.69) is 11.8 Å². The van der Waals surface area contributed by atoms with Crippen LogP contribution in [0, 0.1) is 17.7 Å². The molecule has 88 valence electrons.